The van der Waals surface area contributed by atoms with Crippen LogP contribution in [0.25, 0.3) is 0 Å². The molecule has 0 aliphatic heterocycles. The molecule has 1 aromatic carbocycles. The number of aliphatic carboxylic acids is 1. The Hall–Kier alpha value is -1.88. The van der Waals surface area contributed by atoms with Gasteiger partial charge in [0.15, 0.2) is 0 Å². The van der Waals surface area contributed by atoms with E-state index in [9.17, 15) is 9.59 Å². The summed E-state index contributed by atoms with van der Waals surface area (Å²) in [7, 11) is 1.22. The number of hydrogen-bond acceptors (Lipinski definition) is 4. The van der Waals surface area contributed by atoms with Gasteiger partial charge in [-0.3, -0.25) is 9.59 Å². The molecule has 5 nitrogen and oxygen atoms in total. The zero-order valence-corrected chi connectivity index (χ0v) is 9.50. The number of ether oxygens (including phenoxy) is 1. The Morgan fingerprint density at radius 3 is 2.41 bits per heavy atom. The molecule has 0 aliphatic carbocycles. The Kier molecular flexibility index (Phi) is 4.66. The number of carboxylic acids is 1. The number of carbonyl (C=O) groups excluding carboxylic acids is 1. The number of carbonyl (C=O) groups is 2. The van der Waals surface area contributed by atoms with Gasteiger partial charge in [0.2, 0.25) is 0 Å². The predicted molar refractivity (Wildman–Crippen MR) is 61.1 cm³/mol. The molecule has 0 radical (unpaired) electrons. The maximum absolute atomic E-state index is 11.5. The Morgan fingerprint density at radius 2 is 1.94 bits per heavy atom. The summed E-state index contributed by atoms with van der Waals surface area (Å²) in [6.45, 7) is 0. The minimum atomic E-state index is -1.08. The third kappa shape index (κ3) is 3.57. The number of methoxy groups -OCH3 is 1. The van der Waals surface area contributed by atoms with Crippen molar-refractivity contribution in [3.8, 4) is 0 Å². The second-order valence-electron chi connectivity index (χ2n) is 3.66. The maximum atomic E-state index is 11.5. The Bertz CT molecular complexity index is 391. The number of nitrogens with two attached hydrogens (primary N) is 1. The molecule has 2 unspecified atom stereocenters. The van der Waals surface area contributed by atoms with Crippen LogP contribution in [-0.2, 0) is 14.3 Å². The van der Waals surface area contributed by atoms with Gasteiger partial charge in [-0.2, -0.15) is 0 Å². The number of hydrogen-bond donors (Lipinski definition) is 2. The van der Waals surface area contributed by atoms with Crippen molar-refractivity contribution in [2.24, 2.45) is 11.7 Å². The van der Waals surface area contributed by atoms with Gasteiger partial charge in [0.05, 0.1) is 19.4 Å². The standard InChI is InChI=1S/C12H15NO4/c1-17-12(16)9(7-10(14)15)11(13)8-5-3-2-4-6-8/h2-6,9,11H,7,13H2,1H3,(H,14,15). The molecule has 3 N–H and O–H groups in total. The molecule has 0 aromatic heterocycles. The van der Waals surface area contributed by atoms with E-state index in [1.54, 1.807) is 24.3 Å². The molecule has 0 fully saturated rings. The minimum absolute atomic E-state index is 0.345. The second-order valence-corrected chi connectivity index (χ2v) is 3.66. The molecule has 92 valence electrons. The van der Waals surface area contributed by atoms with Gasteiger partial charge < -0.3 is 15.6 Å². The highest BCUT2D eigenvalue weighted by Gasteiger charge is 2.29. The summed E-state index contributed by atoms with van der Waals surface area (Å²) >= 11 is 0. The SMILES string of the molecule is COC(=O)C(CC(=O)O)C(N)c1ccccc1. The largest absolute Gasteiger partial charge is 0.481 e. The van der Waals surface area contributed by atoms with E-state index in [0.717, 1.165) is 0 Å². The molecule has 0 heterocycles. The minimum Gasteiger partial charge on any atom is -0.481 e. The van der Waals surface area contributed by atoms with Crippen molar-refractivity contribution in [2.75, 3.05) is 7.11 Å². The molecule has 0 bridgehead atoms. The van der Waals surface area contributed by atoms with Crippen LogP contribution >= 0.6 is 0 Å². The van der Waals surface area contributed by atoms with Crippen LogP contribution in [0.15, 0.2) is 30.3 Å². The Morgan fingerprint density at radius 1 is 1.35 bits per heavy atom. The highest BCUT2D eigenvalue weighted by molar-refractivity contribution is 5.79. The number of carboxylic acid groups (broad SMARTS) is 1. The zero-order valence-electron chi connectivity index (χ0n) is 9.50. The Labute approximate surface area is 99.2 Å². The summed E-state index contributed by atoms with van der Waals surface area (Å²) in [5.41, 5.74) is 6.61. The van der Waals surface area contributed by atoms with E-state index in [1.807, 2.05) is 6.07 Å². The summed E-state index contributed by atoms with van der Waals surface area (Å²) in [6.07, 6.45) is -0.345. The van der Waals surface area contributed by atoms with Crippen molar-refractivity contribution in [2.45, 2.75) is 12.5 Å². The van der Waals surface area contributed by atoms with Gasteiger partial charge >= 0.3 is 11.9 Å². The van der Waals surface area contributed by atoms with Gasteiger partial charge in [0.25, 0.3) is 0 Å². The summed E-state index contributed by atoms with van der Waals surface area (Å²) in [5, 5.41) is 8.76. The average Bonchev–Trinajstić information content (AvgIpc) is 2.35. The van der Waals surface area contributed by atoms with E-state index in [2.05, 4.69) is 4.74 Å². The van der Waals surface area contributed by atoms with Crippen molar-refractivity contribution >= 4 is 11.9 Å². The van der Waals surface area contributed by atoms with Crippen molar-refractivity contribution in [3.63, 3.8) is 0 Å². The lowest BCUT2D eigenvalue weighted by atomic mass is 9.91. The van der Waals surface area contributed by atoms with Gasteiger partial charge in [-0.1, -0.05) is 30.3 Å². The lowest BCUT2D eigenvalue weighted by Crippen LogP contribution is -2.31. The molecule has 0 aliphatic rings. The molecular formula is C12H15NO4. The van der Waals surface area contributed by atoms with Gasteiger partial charge in [0, 0.05) is 6.04 Å². The first-order chi connectivity index (χ1) is 8.06. The highest BCUT2D eigenvalue weighted by atomic mass is 16.5. The molecule has 1 rings (SSSR count). The smallest absolute Gasteiger partial charge is 0.311 e. The van der Waals surface area contributed by atoms with E-state index >= 15 is 0 Å². The molecule has 0 saturated carbocycles. The second kappa shape index (κ2) is 6.00. The zero-order chi connectivity index (χ0) is 12.8. The summed E-state index contributed by atoms with van der Waals surface area (Å²) < 4.78 is 4.57. The van der Waals surface area contributed by atoms with E-state index in [4.69, 9.17) is 10.8 Å². The van der Waals surface area contributed by atoms with Crippen LogP contribution in [0.1, 0.15) is 18.0 Å². The molecule has 2 atom stereocenters. The first-order valence-corrected chi connectivity index (χ1v) is 5.16. The lowest BCUT2D eigenvalue weighted by Gasteiger charge is -2.20. The molecule has 0 spiro atoms. The van der Waals surface area contributed by atoms with Crippen LogP contribution in [0.2, 0.25) is 0 Å². The fourth-order valence-electron chi connectivity index (χ4n) is 1.60. The molecule has 17 heavy (non-hydrogen) atoms. The molecule has 5 heteroatoms. The van der Waals surface area contributed by atoms with Gasteiger partial charge in [-0.15, -0.1) is 0 Å². The first-order valence-electron chi connectivity index (χ1n) is 5.16. The van der Waals surface area contributed by atoms with Crippen LogP contribution < -0.4 is 5.73 Å². The van der Waals surface area contributed by atoms with E-state index in [0.29, 0.717) is 5.56 Å². The number of esters is 1. The molecule has 1 aromatic rings. The number of rotatable bonds is 5. The summed E-state index contributed by atoms with van der Waals surface area (Å²) in [4.78, 5) is 22.2. The number of benzene rings is 1. The predicted octanol–water partition coefficient (Wildman–Crippen LogP) is 0.950. The van der Waals surface area contributed by atoms with E-state index < -0.39 is 23.9 Å². The average molecular weight is 237 g/mol. The quantitative estimate of drug-likeness (QED) is 0.744. The highest BCUT2D eigenvalue weighted by Crippen LogP contribution is 2.23. The summed E-state index contributed by atoms with van der Waals surface area (Å²) in [5.74, 6) is -2.56. The van der Waals surface area contributed by atoms with Crippen LogP contribution in [0.3, 0.4) is 0 Å². The molecule has 0 amide bonds. The van der Waals surface area contributed by atoms with Crippen LogP contribution in [0.4, 0.5) is 0 Å². The van der Waals surface area contributed by atoms with Crippen LogP contribution in [0.5, 0.6) is 0 Å². The van der Waals surface area contributed by atoms with Gasteiger partial charge in [-0.25, -0.2) is 0 Å². The third-order valence-corrected chi connectivity index (χ3v) is 2.52. The third-order valence-electron chi connectivity index (χ3n) is 2.52. The van der Waals surface area contributed by atoms with Crippen LogP contribution in [0, 0.1) is 5.92 Å². The van der Waals surface area contributed by atoms with Crippen molar-refractivity contribution in [1.82, 2.24) is 0 Å². The first kappa shape index (κ1) is 13.2. The maximum Gasteiger partial charge on any atom is 0.311 e. The Balaban J connectivity index is 2.90. The summed E-state index contributed by atoms with van der Waals surface area (Å²) in [6, 6.07) is 8.21. The van der Waals surface area contributed by atoms with Crippen LogP contribution in [-0.4, -0.2) is 24.2 Å². The van der Waals surface area contributed by atoms with Crippen molar-refractivity contribution in [3.05, 3.63) is 35.9 Å². The topological polar surface area (TPSA) is 89.6 Å². The van der Waals surface area contributed by atoms with Crippen molar-refractivity contribution in [1.29, 1.82) is 0 Å². The monoisotopic (exact) mass is 237 g/mol. The lowest BCUT2D eigenvalue weighted by molar-refractivity contribution is -0.151. The fourth-order valence-corrected chi connectivity index (χ4v) is 1.60. The normalized spacial score (nSPS) is 13.8. The molecule has 0 saturated heterocycles. The van der Waals surface area contributed by atoms with Gasteiger partial charge in [0.1, 0.15) is 0 Å². The molecular weight excluding hydrogens is 222 g/mol. The van der Waals surface area contributed by atoms with Crippen molar-refractivity contribution < 1.29 is 19.4 Å². The fraction of sp³-hybridized carbons (Fsp3) is 0.333. The van der Waals surface area contributed by atoms with E-state index in [-0.39, 0.29) is 6.42 Å². The van der Waals surface area contributed by atoms with Gasteiger partial charge in [-0.05, 0) is 5.56 Å². The van der Waals surface area contributed by atoms with E-state index in [1.165, 1.54) is 7.11 Å².